The molecule has 3 heteroatoms. The van der Waals surface area contributed by atoms with Crippen molar-refractivity contribution in [2.45, 2.75) is 27.3 Å². The van der Waals surface area contributed by atoms with Crippen LogP contribution in [0, 0.1) is 5.92 Å². The first-order valence-electron chi connectivity index (χ1n) is 6.93. The van der Waals surface area contributed by atoms with Crippen LogP contribution < -0.4 is 10.1 Å². The molecule has 0 radical (unpaired) electrons. The number of benzene rings is 1. The second-order valence-corrected chi connectivity index (χ2v) is 5.12. The summed E-state index contributed by atoms with van der Waals surface area (Å²) >= 11 is 0. The molecule has 2 rings (SSSR count). The van der Waals surface area contributed by atoms with E-state index in [2.05, 4.69) is 37.1 Å². The van der Waals surface area contributed by atoms with Gasteiger partial charge in [0.05, 0.1) is 12.1 Å². The molecule has 1 N–H and O–H groups in total. The third kappa shape index (κ3) is 3.67. The number of pyridine rings is 1. The quantitative estimate of drug-likeness (QED) is 0.862. The van der Waals surface area contributed by atoms with Crippen molar-refractivity contribution in [3.63, 3.8) is 0 Å². The van der Waals surface area contributed by atoms with Crippen LogP contribution in [0.4, 0.5) is 0 Å². The number of hydrogen-bond acceptors (Lipinski definition) is 3. The maximum atomic E-state index is 5.76. The van der Waals surface area contributed by atoms with Crippen molar-refractivity contribution in [1.82, 2.24) is 10.3 Å². The van der Waals surface area contributed by atoms with Crippen LogP contribution in [-0.4, -0.2) is 18.1 Å². The Kier molecular flexibility index (Phi) is 4.74. The van der Waals surface area contributed by atoms with Crippen LogP contribution in [0.2, 0.25) is 0 Å². The minimum absolute atomic E-state index is 0.505. The van der Waals surface area contributed by atoms with E-state index >= 15 is 0 Å². The zero-order chi connectivity index (χ0) is 13.7. The summed E-state index contributed by atoms with van der Waals surface area (Å²) < 4.78 is 5.76. The Morgan fingerprint density at radius 2 is 2.05 bits per heavy atom. The summed E-state index contributed by atoms with van der Waals surface area (Å²) in [7, 11) is 0. The minimum Gasteiger partial charge on any atom is -0.477 e. The summed E-state index contributed by atoms with van der Waals surface area (Å²) in [5.41, 5.74) is 2.24. The number of rotatable bonds is 6. The lowest BCUT2D eigenvalue weighted by molar-refractivity contribution is 0.262. The predicted octanol–water partition coefficient (Wildman–Crippen LogP) is 3.38. The minimum atomic E-state index is 0.505. The van der Waals surface area contributed by atoms with Gasteiger partial charge in [-0.1, -0.05) is 39.0 Å². The Morgan fingerprint density at radius 3 is 2.79 bits per heavy atom. The molecule has 1 heterocycles. The second-order valence-electron chi connectivity index (χ2n) is 5.12. The average molecular weight is 258 g/mol. The fraction of sp³-hybridized carbons (Fsp3) is 0.438. The van der Waals surface area contributed by atoms with Gasteiger partial charge in [0.2, 0.25) is 5.88 Å². The molecule has 0 spiro atoms. The van der Waals surface area contributed by atoms with Crippen molar-refractivity contribution in [1.29, 1.82) is 0 Å². The van der Waals surface area contributed by atoms with Gasteiger partial charge in [0, 0.05) is 18.0 Å². The molecule has 0 saturated carbocycles. The van der Waals surface area contributed by atoms with Gasteiger partial charge < -0.3 is 10.1 Å². The maximum absolute atomic E-state index is 5.76. The summed E-state index contributed by atoms with van der Waals surface area (Å²) in [6.07, 6.45) is 0. The number of ether oxygens (including phenoxy) is 1. The molecular formula is C16H22N2O. The van der Waals surface area contributed by atoms with Crippen LogP contribution in [0.5, 0.6) is 5.88 Å². The SMILES string of the molecule is CCNCc1cc(OCC(C)C)nc2ccccc12. The van der Waals surface area contributed by atoms with Crippen LogP contribution in [0.25, 0.3) is 10.9 Å². The number of nitrogens with zero attached hydrogens (tertiary/aromatic N) is 1. The first-order valence-corrected chi connectivity index (χ1v) is 6.93. The fourth-order valence-electron chi connectivity index (χ4n) is 1.95. The first kappa shape index (κ1) is 13.8. The summed E-state index contributed by atoms with van der Waals surface area (Å²) in [6.45, 7) is 8.89. The predicted molar refractivity (Wildman–Crippen MR) is 79.5 cm³/mol. The molecule has 0 atom stereocenters. The zero-order valence-electron chi connectivity index (χ0n) is 11.9. The lowest BCUT2D eigenvalue weighted by Gasteiger charge is -2.12. The Hall–Kier alpha value is -1.61. The first-order chi connectivity index (χ1) is 9.20. The summed E-state index contributed by atoms with van der Waals surface area (Å²) in [6, 6.07) is 10.3. The van der Waals surface area contributed by atoms with Gasteiger partial charge in [-0.3, -0.25) is 0 Å². The third-order valence-corrected chi connectivity index (χ3v) is 2.91. The Morgan fingerprint density at radius 1 is 1.26 bits per heavy atom. The molecule has 0 aliphatic heterocycles. The molecule has 0 unspecified atom stereocenters. The van der Waals surface area contributed by atoms with Gasteiger partial charge in [-0.2, -0.15) is 0 Å². The zero-order valence-corrected chi connectivity index (χ0v) is 11.9. The van der Waals surface area contributed by atoms with Gasteiger partial charge in [-0.15, -0.1) is 0 Å². The maximum Gasteiger partial charge on any atom is 0.214 e. The highest BCUT2D eigenvalue weighted by Crippen LogP contribution is 2.22. The van der Waals surface area contributed by atoms with Gasteiger partial charge in [0.1, 0.15) is 0 Å². The van der Waals surface area contributed by atoms with E-state index in [1.807, 2.05) is 24.3 Å². The highest BCUT2D eigenvalue weighted by molar-refractivity contribution is 5.82. The fourth-order valence-corrected chi connectivity index (χ4v) is 1.95. The van der Waals surface area contributed by atoms with Crippen molar-refractivity contribution in [3.05, 3.63) is 35.9 Å². The van der Waals surface area contributed by atoms with Crippen LogP contribution in [0.3, 0.4) is 0 Å². The molecule has 0 saturated heterocycles. The molecule has 1 aromatic heterocycles. The molecule has 3 nitrogen and oxygen atoms in total. The van der Waals surface area contributed by atoms with Crippen molar-refractivity contribution in [2.24, 2.45) is 5.92 Å². The molecule has 2 aromatic rings. The van der Waals surface area contributed by atoms with E-state index in [4.69, 9.17) is 4.74 Å². The van der Waals surface area contributed by atoms with Gasteiger partial charge >= 0.3 is 0 Å². The largest absolute Gasteiger partial charge is 0.477 e. The Labute approximate surface area is 115 Å². The smallest absolute Gasteiger partial charge is 0.214 e. The van der Waals surface area contributed by atoms with E-state index in [0.717, 1.165) is 24.5 Å². The van der Waals surface area contributed by atoms with Gasteiger partial charge in [0.15, 0.2) is 0 Å². The molecule has 1 aromatic carbocycles. The highest BCUT2D eigenvalue weighted by atomic mass is 16.5. The van der Waals surface area contributed by atoms with Crippen molar-refractivity contribution in [3.8, 4) is 5.88 Å². The number of para-hydroxylation sites is 1. The molecule has 0 fully saturated rings. The normalized spacial score (nSPS) is 11.2. The Bertz CT molecular complexity index is 537. The van der Waals surface area contributed by atoms with Gasteiger partial charge in [-0.05, 0) is 24.1 Å². The monoisotopic (exact) mass is 258 g/mol. The van der Waals surface area contributed by atoms with E-state index in [1.54, 1.807) is 0 Å². The van der Waals surface area contributed by atoms with E-state index < -0.39 is 0 Å². The lowest BCUT2D eigenvalue weighted by atomic mass is 10.1. The van der Waals surface area contributed by atoms with E-state index in [1.165, 1.54) is 10.9 Å². The summed E-state index contributed by atoms with van der Waals surface area (Å²) in [5, 5.41) is 4.56. The van der Waals surface area contributed by atoms with Crippen LogP contribution >= 0.6 is 0 Å². The molecule has 0 aliphatic carbocycles. The third-order valence-electron chi connectivity index (χ3n) is 2.91. The van der Waals surface area contributed by atoms with Gasteiger partial charge in [0.25, 0.3) is 0 Å². The number of aromatic nitrogens is 1. The van der Waals surface area contributed by atoms with Crippen LogP contribution in [0.15, 0.2) is 30.3 Å². The van der Waals surface area contributed by atoms with E-state index in [-0.39, 0.29) is 0 Å². The number of nitrogens with one attached hydrogen (secondary N) is 1. The van der Waals surface area contributed by atoms with Crippen molar-refractivity contribution < 1.29 is 4.74 Å². The van der Waals surface area contributed by atoms with Crippen molar-refractivity contribution in [2.75, 3.05) is 13.2 Å². The molecule has 102 valence electrons. The molecule has 19 heavy (non-hydrogen) atoms. The molecular weight excluding hydrogens is 236 g/mol. The summed E-state index contributed by atoms with van der Waals surface area (Å²) in [4.78, 5) is 4.57. The molecule has 0 amide bonds. The topological polar surface area (TPSA) is 34.1 Å². The summed E-state index contributed by atoms with van der Waals surface area (Å²) in [5.74, 6) is 1.23. The highest BCUT2D eigenvalue weighted by Gasteiger charge is 2.06. The average Bonchev–Trinajstić information content (AvgIpc) is 2.42. The number of fused-ring (bicyclic) bond motifs is 1. The molecule has 0 bridgehead atoms. The van der Waals surface area contributed by atoms with Crippen LogP contribution in [-0.2, 0) is 6.54 Å². The standard InChI is InChI=1S/C16H22N2O/c1-4-17-10-13-9-16(19-11-12(2)3)18-15-8-6-5-7-14(13)15/h5-9,12,17H,4,10-11H2,1-3H3. The van der Waals surface area contributed by atoms with E-state index in [0.29, 0.717) is 12.5 Å². The molecule has 0 aliphatic rings. The Balaban J connectivity index is 2.32. The van der Waals surface area contributed by atoms with Gasteiger partial charge in [-0.25, -0.2) is 4.98 Å². The number of hydrogen-bond donors (Lipinski definition) is 1. The van der Waals surface area contributed by atoms with Crippen LogP contribution in [0.1, 0.15) is 26.3 Å². The van der Waals surface area contributed by atoms with E-state index in [9.17, 15) is 0 Å². The lowest BCUT2D eigenvalue weighted by Crippen LogP contribution is -2.13. The van der Waals surface area contributed by atoms with Crippen molar-refractivity contribution >= 4 is 10.9 Å². The second kappa shape index (κ2) is 6.53.